The van der Waals surface area contributed by atoms with Gasteiger partial charge in [-0.2, -0.15) is 0 Å². The third kappa shape index (κ3) is 2.18. The third-order valence-electron chi connectivity index (χ3n) is 3.92. The maximum atomic E-state index is 13.0. The molecule has 1 atom stereocenters. The van der Waals surface area contributed by atoms with Crippen LogP contribution in [0.4, 0.5) is 13.2 Å². The average molecular weight is 243 g/mol. The normalized spacial score (nSPS) is 22.9. The van der Waals surface area contributed by atoms with Crippen molar-refractivity contribution in [2.45, 2.75) is 31.6 Å². The molecule has 1 aromatic rings. The number of rotatable bonds is 3. The lowest BCUT2D eigenvalue weighted by molar-refractivity contribution is -0.165. The zero-order valence-corrected chi connectivity index (χ0v) is 9.72. The van der Waals surface area contributed by atoms with Crippen molar-refractivity contribution in [3.05, 3.63) is 35.6 Å². The van der Waals surface area contributed by atoms with Crippen molar-refractivity contribution in [1.82, 2.24) is 0 Å². The molecule has 0 amide bonds. The van der Waals surface area contributed by atoms with Gasteiger partial charge in [0.15, 0.2) is 0 Å². The smallest absolute Gasteiger partial charge is 0.249 e. The SMILES string of the molecule is CC(c1ccc(F)cc1)C1(CN)CC(F)(F)C1. The molecule has 2 N–H and O–H groups in total. The Balaban J connectivity index is 2.19. The molecule has 1 nitrogen and oxygen atoms in total. The molecule has 1 aromatic carbocycles. The number of nitrogens with two attached hydrogens (primary N) is 1. The largest absolute Gasteiger partial charge is 0.330 e. The highest BCUT2D eigenvalue weighted by Gasteiger charge is 2.58. The highest BCUT2D eigenvalue weighted by atomic mass is 19.3. The minimum atomic E-state index is -2.59. The molecule has 1 aliphatic rings. The van der Waals surface area contributed by atoms with Crippen LogP contribution in [0.2, 0.25) is 0 Å². The maximum absolute atomic E-state index is 13.0. The van der Waals surface area contributed by atoms with Gasteiger partial charge >= 0.3 is 0 Å². The number of benzene rings is 1. The summed E-state index contributed by atoms with van der Waals surface area (Å²) < 4.78 is 38.9. The van der Waals surface area contributed by atoms with E-state index in [0.717, 1.165) is 5.56 Å². The van der Waals surface area contributed by atoms with Crippen LogP contribution in [0.15, 0.2) is 24.3 Å². The van der Waals surface area contributed by atoms with E-state index in [9.17, 15) is 13.2 Å². The van der Waals surface area contributed by atoms with Gasteiger partial charge in [-0.15, -0.1) is 0 Å². The molecule has 1 aliphatic carbocycles. The van der Waals surface area contributed by atoms with Gasteiger partial charge in [0.1, 0.15) is 5.82 Å². The van der Waals surface area contributed by atoms with Gasteiger partial charge in [-0.05, 0) is 30.2 Å². The summed E-state index contributed by atoms with van der Waals surface area (Å²) in [5.41, 5.74) is 5.98. The van der Waals surface area contributed by atoms with Gasteiger partial charge in [-0.3, -0.25) is 0 Å². The second-order valence-corrected chi connectivity index (χ2v) is 5.05. The number of alkyl halides is 2. The Morgan fingerprint density at radius 2 is 1.76 bits per heavy atom. The Morgan fingerprint density at radius 1 is 1.24 bits per heavy atom. The topological polar surface area (TPSA) is 26.0 Å². The van der Waals surface area contributed by atoms with Crippen molar-refractivity contribution in [2.75, 3.05) is 6.54 Å². The first-order chi connectivity index (χ1) is 7.88. The van der Waals surface area contributed by atoms with Crippen molar-refractivity contribution < 1.29 is 13.2 Å². The van der Waals surface area contributed by atoms with Crippen LogP contribution in [0.3, 0.4) is 0 Å². The Morgan fingerprint density at radius 3 is 2.18 bits per heavy atom. The molecule has 4 heteroatoms. The van der Waals surface area contributed by atoms with Crippen LogP contribution < -0.4 is 5.73 Å². The second kappa shape index (κ2) is 4.02. The van der Waals surface area contributed by atoms with E-state index in [4.69, 9.17) is 5.73 Å². The lowest BCUT2D eigenvalue weighted by atomic mass is 9.58. The van der Waals surface area contributed by atoms with E-state index < -0.39 is 11.3 Å². The Kier molecular flexibility index (Phi) is 2.94. The van der Waals surface area contributed by atoms with Gasteiger partial charge in [0.25, 0.3) is 0 Å². The maximum Gasteiger partial charge on any atom is 0.249 e. The van der Waals surface area contributed by atoms with Gasteiger partial charge in [-0.1, -0.05) is 19.1 Å². The van der Waals surface area contributed by atoms with E-state index in [0.29, 0.717) is 0 Å². The summed E-state index contributed by atoms with van der Waals surface area (Å²) >= 11 is 0. The number of hydrogen-bond donors (Lipinski definition) is 1. The highest BCUT2D eigenvalue weighted by molar-refractivity contribution is 5.24. The first kappa shape index (κ1) is 12.4. The van der Waals surface area contributed by atoms with Crippen LogP contribution in [-0.4, -0.2) is 12.5 Å². The fourth-order valence-corrected chi connectivity index (χ4v) is 2.71. The summed E-state index contributed by atoms with van der Waals surface area (Å²) in [7, 11) is 0. The van der Waals surface area contributed by atoms with Gasteiger partial charge in [0.2, 0.25) is 5.92 Å². The molecule has 0 aromatic heterocycles. The number of hydrogen-bond acceptors (Lipinski definition) is 1. The third-order valence-corrected chi connectivity index (χ3v) is 3.92. The predicted molar refractivity (Wildman–Crippen MR) is 60.5 cm³/mol. The van der Waals surface area contributed by atoms with E-state index in [1.54, 1.807) is 12.1 Å². The Hall–Kier alpha value is -1.03. The predicted octanol–water partition coefficient (Wildman–Crippen LogP) is 3.30. The molecule has 17 heavy (non-hydrogen) atoms. The summed E-state index contributed by atoms with van der Waals surface area (Å²) in [6, 6.07) is 6.00. The fourth-order valence-electron chi connectivity index (χ4n) is 2.71. The minimum absolute atomic E-state index is 0.0762. The summed E-state index contributed by atoms with van der Waals surface area (Å²) in [5.74, 6) is -2.98. The van der Waals surface area contributed by atoms with Gasteiger partial charge in [0.05, 0.1) is 0 Å². The molecule has 1 unspecified atom stereocenters. The number of halogens is 3. The molecule has 94 valence electrons. The van der Waals surface area contributed by atoms with E-state index >= 15 is 0 Å². The molecular formula is C13H16F3N. The quantitative estimate of drug-likeness (QED) is 0.866. The zero-order chi connectivity index (χ0) is 12.7. The first-order valence-electron chi connectivity index (χ1n) is 5.72. The molecule has 1 saturated carbocycles. The van der Waals surface area contributed by atoms with Gasteiger partial charge < -0.3 is 5.73 Å². The molecule has 0 heterocycles. The Labute approximate surface area is 98.8 Å². The minimum Gasteiger partial charge on any atom is -0.330 e. The summed E-state index contributed by atoms with van der Waals surface area (Å²) in [4.78, 5) is 0. The standard InChI is InChI=1S/C13H16F3N/c1-9(10-2-4-11(14)5-3-10)12(8-17)6-13(15,16)7-12/h2-5,9H,6-8,17H2,1H3. The lowest BCUT2D eigenvalue weighted by Crippen LogP contribution is -2.53. The molecule has 0 bridgehead atoms. The van der Waals surface area contributed by atoms with Gasteiger partial charge in [-0.25, -0.2) is 13.2 Å². The summed E-state index contributed by atoms with van der Waals surface area (Å²) in [6.07, 6.45) is -0.343. The fraction of sp³-hybridized carbons (Fsp3) is 0.538. The van der Waals surface area contributed by atoms with Crippen molar-refractivity contribution in [2.24, 2.45) is 11.1 Å². The van der Waals surface area contributed by atoms with Crippen molar-refractivity contribution in [3.8, 4) is 0 Å². The van der Waals surface area contributed by atoms with Crippen LogP contribution in [0, 0.1) is 11.2 Å². The highest BCUT2D eigenvalue weighted by Crippen LogP contribution is 2.58. The molecule has 1 fully saturated rings. The molecule has 0 spiro atoms. The van der Waals surface area contributed by atoms with E-state index in [1.807, 2.05) is 6.92 Å². The molecule has 2 rings (SSSR count). The van der Waals surface area contributed by atoms with Crippen molar-refractivity contribution in [3.63, 3.8) is 0 Å². The molecular weight excluding hydrogens is 227 g/mol. The summed E-state index contributed by atoms with van der Waals surface area (Å²) in [5, 5.41) is 0. The average Bonchev–Trinajstić information content (AvgIpc) is 2.25. The van der Waals surface area contributed by atoms with Crippen molar-refractivity contribution in [1.29, 1.82) is 0 Å². The van der Waals surface area contributed by atoms with E-state index in [2.05, 4.69) is 0 Å². The van der Waals surface area contributed by atoms with Crippen LogP contribution in [0.1, 0.15) is 31.2 Å². The zero-order valence-electron chi connectivity index (χ0n) is 9.72. The summed E-state index contributed by atoms with van der Waals surface area (Å²) in [6.45, 7) is 2.12. The second-order valence-electron chi connectivity index (χ2n) is 5.05. The van der Waals surface area contributed by atoms with E-state index in [-0.39, 0.29) is 31.1 Å². The van der Waals surface area contributed by atoms with Crippen LogP contribution in [0.5, 0.6) is 0 Å². The molecule has 0 radical (unpaired) electrons. The van der Waals surface area contributed by atoms with Crippen LogP contribution in [0.25, 0.3) is 0 Å². The lowest BCUT2D eigenvalue weighted by Gasteiger charge is -2.50. The van der Waals surface area contributed by atoms with Crippen LogP contribution in [-0.2, 0) is 0 Å². The van der Waals surface area contributed by atoms with Crippen molar-refractivity contribution >= 4 is 0 Å². The van der Waals surface area contributed by atoms with Crippen LogP contribution >= 0.6 is 0 Å². The Bertz CT molecular complexity index is 392. The molecule has 0 saturated heterocycles. The van der Waals surface area contributed by atoms with E-state index in [1.165, 1.54) is 12.1 Å². The van der Waals surface area contributed by atoms with Gasteiger partial charge in [0, 0.05) is 18.3 Å². The monoisotopic (exact) mass is 243 g/mol. The first-order valence-corrected chi connectivity index (χ1v) is 5.72. The molecule has 0 aliphatic heterocycles.